The van der Waals surface area contributed by atoms with Gasteiger partial charge in [-0.2, -0.15) is 4.98 Å². The zero-order valence-corrected chi connectivity index (χ0v) is 11.6. The Morgan fingerprint density at radius 1 is 1.65 bits per heavy atom. The average molecular weight is 281 g/mol. The van der Waals surface area contributed by atoms with Crippen molar-refractivity contribution in [2.24, 2.45) is 0 Å². The van der Waals surface area contributed by atoms with Crippen LogP contribution in [0.25, 0.3) is 0 Å². The van der Waals surface area contributed by atoms with Gasteiger partial charge in [-0.05, 0) is 13.3 Å². The zero-order chi connectivity index (χ0) is 14.5. The molecule has 7 heteroatoms. The lowest BCUT2D eigenvalue weighted by Crippen LogP contribution is -2.48. The highest BCUT2D eigenvalue weighted by molar-refractivity contribution is 5.35. The van der Waals surface area contributed by atoms with E-state index in [0.717, 1.165) is 0 Å². The maximum atomic E-state index is 12.0. The molecule has 7 nitrogen and oxygen atoms in total. The number of nitrogens with two attached hydrogens (primary N) is 1. The molecule has 2 saturated heterocycles. The number of nitrogens with zero attached hydrogens (tertiary/aromatic N) is 2. The summed E-state index contributed by atoms with van der Waals surface area (Å²) in [5, 5.41) is 10.4. The summed E-state index contributed by atoms with van der Waals surface area (Å²) in [6, 6.07) is 0. The lowest BCUT2D eigenvalue weighted by molar-refractivity contribution is -0.123. The van der Waals surface area contributed by atoms with E-state index in [1.807, 2.05) is 6.92 Å². The number of fused-ring (bicyclic) bond motifs is 2. The van der Waals surface area contributed by atoms with Crippen LogP contribution in [0, 0.1) is 6.92 Å². The molecule has 2 fully saturated rings. The molecular weight excluding hydrogens is 262 g/mol. The van der Waals surface area contributed by atoms with Crippen molar-refractivity contribution >= 4 is 5.82 Å². The van der Waals surface area contributed by atoms with E-state index in [-0.39, 0.29) is 5.82 Å². The molecule has 0 aromatic carbocycles. The second-order valence-corrected chi connectivity index (χ2v) is 5.46. The van der Waals surface area contributed by atoms with Gasteiger partial charge >= 0.3 is 5.69 Å². The quantitative estimate of drug-likeness (QED) is 0.789. The molecule has 2 aliphatic rings. The maximum absolute atomic E-state index is 12.0. The molecule has 3 rings (SSSR count). The van der Waals surface area contributed by atoms with Crippen LogP contribution in [-0.4, -0.2) is 39.1 Å². The predicted octanol–water partition coefficient (Wildman–Crippen LogP) is -0.0387. The van der Waals surface area contributed by atoms with E-state index in [1.54, 1.807) is 13.1 Å². The Kier molecular flexibility index (Phi) is 3.07. The van der Waals surface area contributed by atoms with Crippen molar-refractivity contribution in [3.63, 3.8) is 0 Å². The minimum atomic E-state index is -0.740. The van der Waals surface area contributed by atoms with E-state index in [2.05, 4.69) is 4.98 Å². The maximum Gasteiger partial charge on any atom is 0.351 e. The van der Waals surface area contributed by atoms with E-state index in [0.29, 0.717) is 25.0 Å². The third-order valence-corrected chi connectivity index (χ3v) is 4.37. The number of aromatic nitrogens is 2. The summed E-state index contributed by atoms with van der Waals surface area (Å²) in [5.74, 6) is 0.207. The number of ether oxygens (including phenoxy) is 2. The Balaban J connectivity index is 2.04. The predicted molar refractivity (Wildman–Crippen MR) is 71.2 cm³/mol. The van der Waals surface area contributed by atoms with Crippen molar-refractivity contribution in [2.75, 3.05) is 12.3 Å². The lowest BCUT2D eigenvalue weighted by Gasteiger charge is -2.34. The number of aliphatic hydroxyl groups is 1. The van der Waals surface area contributed by atoms with Crippen molar-refractivity contribution in [1.29, 1.82) is 0 Å². The van der Waals surface area contributed by atoms with E-state index >= 15 is 0 Å². The summed E-state index contributed by atoms with van der Waals surface area (Å²) in [6.45, 7) is 4.25. The summed E-state index contributed by atoms with van der Waals surface area (Å²) in [6.07, 6.45) is 0.943. The molecule has 20 heavy (non-hydrogen) atoms. The second-order valence-electron chi connectivity index (χ2n) is 5.46. The van der Waals surface area contributed by atoms with Crippen LogP contribution in [-0.2, 0) is 9.47 Å². The van der Waals surface area contributed by atoms with Crippen molar-refractivity contribution < 1.29 is 14.6 Å². The van der Waals surface area contributed by atoms with Crippen LogP contribution < -0.4 is 11.4 Å². The Labute approximate surface area is 116 Å². The average Bonchev–Trinajstić information content (AvgIpc) is 2.60. The minimum absolute atomic E-state index is 0.207. The molecule has 3 N–H and O–H groups in total. The van der Waals surface area contributed by atoms with Gasteiger partial charge in [0.25, 0.3) is 0 Å². The van der Waals surface area contributed by atoms with Gasteiger partial charge in [0.15, 0.2) is 6.23 Å². The van der Waals surface area contributed by atoms with Gasteiger partial charge in [0.05, 0.1) is 6.61 Å². The largest absolute Gasteiger partial charge is 0.387 e. The van der Waals surface area contributed by atoms with Crippen LogP contribution in [0.1, 0.15) is 31.6 Å². The highest BCUT2D eigenvalue weighted by Crippen LogP contribution is 2.45. The van der Waals surface area contributed by atoms with E-state index in [4.69, 9.17) is 15.2 Å². The molecule has 0 amide bonds. The molecule has 2 aliphatic heterocycles. The van der Waals surface area contributed by atoms with E-state index < -0.39 is 29.7 Å². The first-order valence-corrected chi connectivity index (χ1v) is 6.81. The number of hydrogen-bond acceptors (Lipinski definition) is 6. The van der Waals surface area contributed by atoms with Crippen molar-refractivity contribution in [3.05, 3.63) is 22.2 Å². The van der Waals surface area contributed by atoms with Crippen LogP contribution in [0.2, 0.25) is 0 Å². The fraction of sp³-hybridized carbons (Fsp3) is 0.692. The molecule has 1 aromatic heterocycles. The first-order chi connectivity index (χ1) is 9.48. The summed E-state index contributed by atoms with van der Waals surface area (Å²) < 4.78 is 13.0. The summed E-state index contributed by atoms with van der Waals surface area (Å²) >= 11 is 0. The first-order valence-electron chi connectivity index (χ1n) is 6.81. The van der Waals surface area contributed by atoms with Crippen molar-refractivity contribution in [2.45, 2.75) is 50.7 Å². The SMILES string of the molecule is CC[C@@]12CCOC([C@H](n3cc(C)c(N)nc3=O)O1)[C@H]2O. The molecule has 3 heterocycles. The smallest absolute Gasteiger partial charge is 0.351 e. The number of aliphatic hydroxyl groups excluding tert-OH is 1. The van der Waals surface area contributed by atoms with Crippen LogP contribution in [0.4, 0.5) is 5.82 Å². The van der Waals surface area contributed by atoms with Crippen LogP contribution in [0.15, 0.2) is 11.0 Å². The fourth-order valence-corrected chi connectivity index (χ4v) is 3.03. The molecule has 1 unspecified atom stereocenters. The molecule has 110 valence electrons. The standard InChI is InChI=1S/C13H19N3O4/c1-3-13-4-5-19-8(9(13)17)11(20-13)16-6-7(2)10(14)15-12(16)18/h6,8-9,11,17H,3-5H2,1-2H3,(H2,14,15,18)/t8?,9-,11-,13+/m1/s1. The monoisotopic (exact) mass is 281 g/mol. The third kappa shape index (κ3) is 1.77. The van der Waals surface area contributed by atoms with Crippen molar-refractivity contribution in [1.82, 2.24) is 9.55 Å². The van der Waals surface area contributed by atoms with Gasteiger partial charge in [-0.25, -0.2) is 4.79 Å². The number of nitrogen functional groups attached to an aromatic ring is 1. The molecule has 0 aliphatic carbocycles. The highest BCUT2D eigenvalue weighted by atomic mass is 16.6. The van der Waals surface area contributed by atoms with Crippen LogP contribution >= 0.6 is 0 Å². The Morgan fingerprint density at radius 3 is 3.05 bits per heavy atom. The van der Waals surface area contributed by atoms with E-state index in [9.17, 15) is 9.90 Å². The molecule has 4 atom stereocenters. The summed E-state index contributed by atoms with van der Waals surface area (Å²) in [4.78, 5) is 15.8. The fourth-order valence-electron chi connectivity index (χ4n) is 3.03. The first kappa shape index (κ1) is 13.5. The van der Waals surface area contributed by atoms with Crippen molar-refractivity contribution in [3.8, 4) is 0 Å². The lowest BCUT2D eigenvalue weighted by atomic mass is 9.87. The van der Waals surface area contributed by atoms with Gasteiger partial charge in [-0.3, -0.25) is 4.57 Å². The Morgan fingerprint density at radius 2 is 2.40 bits per heavy atom. The van der Waals surface area contributed by atoms with Gasteiger partial charge in [0.2, 0.25) is 0 Å². The number of hydrogen-bond donors (Lipinski definition) is 2. The highest BCUT2D eigenvalue weighted by Gasteiger charge is 2.57. The van der Waals surface area contributed by atoms with E-state index in [1.165, 1.54) is 4.57 Å². The number of rotatable bonds is 2. The molecule has 0 radical (unpaired) electrons. The second kappa shape index (κ2) is 4.54. The van der Waals surface area contributed by atoms with Crippen LogP contribution in [0.3, 0.4) is 0 Å². The molecular formula is C13H19N3O4. The molecule has 0 saturated carbocycles. The summed E-state index contributed by atoms with van der Waals surface area (Å²) in [7, 11) is 0. The van der Waals surface area contributed by atoms with Gasteiger partial charge in [-0.15, -0.1) is 0 Å². The van der Waals surface area contributed by atoms with Gasteiger partial charge in [-0.1, -0.05) is 6.92 Å². The Hall–Kier alpha value is -1.44. The molecule has 1 aromatic rings. The minimum Gasteiger partial charge on any atom is -0.387 e. The Bertz CT molecular complexity index is 587. The summed E-state index contributed by atoms with van der Waals surface area (Å²) in [5.41, 5.74) is 5.19. The molecule has 0 spiro atoms. The van der Waals surface area contributed by atoms with Gasteiger partial charge in [0.1, 0.15) is 23.6 Å². The molecule has 2 bridgehead atoms. The van der Waals surface area contributed by atoms with Crippen LogP contribution in [0.5, 0.6) is 0 Å². The topological polar surface area (TPSA) is 99.6 Å². The zero-order valence-electron chi connectivity index (χ0n) is 11.6. The van der Waals surface area contributed by atoms with Gasteiger partial charge in [0, 0.05) is 18.2 Å². The normalized spacial score (nSPS) is 36.2. The number of aryl methyl sites for hydroxylation is 1. The third-order valence-electron chi connectivity index (χ3n) is 4.37. The van der Waals surface area contributed by atoms with Gasteiger partial charge < -0.3 is 20.3 Å². The number of anilines is 1.